The summed E-state index contributed by atoms with van der Waals surface area (Å²) in [5, 5.41) is 7.73. The monoisotopic (exact) mass is 507 g/mol. The highest BCUT2D eigenvalue weighted by atomic mass is 35.5. The Bertz CT molecular complexity index is 1210. The average molecular weight is 508 g/mol. The number of halogens is 1. The minimum atomic E-state index is 0.380. The number of aromatic nitrogens is 2. The van der Waals surface area contributed by atoms with Crippen LogP contribution in [-0.4, -0.2) is 52.1 Å². The van der Waals surface area contributed by atoms with Gasteiger partial charge in [0.1, 0.15) is 0 Å². The number of piperazine rings is 1. The van der Waals surface area contributed by atoms with E-state index in [1.165, 1.54) is 5.56 Å². The molecule has 0 amide bonds. The molecule has 4 rings (SSSR count). The van der Waals surface area contributed by atoms with E-state index in [2.05, 4.69) is 62.4 Å². The van der Waals surface area contributed by atoms with E-state index in [0.29, 0.717) is 17.0 Å². The minimum Gasteiger partial charge on any atom is -0.368 e. The van der Waals surface area contributed by atoms with Crippen molar-refractivity contribution in [2.24, 2.45) is 4.99 Å². The van der Waals surface area contributed by atoms with Crippen molar-refractivity contribution in [2.75, 3.05) is 41.7 Å². The van der Waals surface area contributed by atoms with Gasteiger partial charge in [0.2, 0.25) is 17.0 Å². The number of thiocarbonyl (C=S) groups is 1. The second kappa shape index (κ2) is 11.0. The molecule has 0 aliphatic carbocycles. The first-order valence-electron chi connectivity index (χ1n) is 11.6. The van der Waals surface area contributed by atoms with Gasteiger partial charge in [0, 0.05) is 54.0 Å². The number of nitrogens with zero attached hydrogens (tertiary/aromatic N) is 5. The summed E-state index contributed by atoms with van der Waals surface area (Å²) in [6.07, 6.45) is 0. The predicted molar refractivity (Wildman–Crippen MR) is 150 cm³/mol. The van der Waals surface area contributed by atoms with Crippen LogP contribution < -0.4 is 15.5 Å². The Morgan fingerprint density at radius 3 is 2.23 bits per heavy atom. The third-order valence-electron chi connectivity index (χ3n) is 6.03. The molecule has 2 aromatic carbocycles. The van der Waals surface area contributed by atoms with Gasteiger partial charge in [-0.2, -0.15) is 4.99 Å². The maximum atomic E-state index is 6.06. The van der Waals surface area contributed by atoms with E-state index in [0.717, 1.165) is 59.5 Å². The molecular weight excluding hydrogens is 478 g/mol. The smallest absolute Gasteiger partial charge is 0.229 e. The fourth-order valence-electron chi connectivity index (χ4n) is 4.01. The second-order valence-corrected chi connectivity index (χ2v) is 9.49. The van der Waals surface area contributed by atoms with Gasteiger partial charge in [0.05, 0.1) is 0 Å². The fourth-order valence-corrected chi connectivity index (χ4v) is 4.34. The topological polar surface area (TPSA) is 68.7 Å². The van der Waals surface area contributed by atoms with E-state index in [1.807, 2.05) is 44.2 Å². The number of benzene rings is 2. The molecule has 1 aromatic heterocycles. The summed E-state index contributed by atoms with van der Waals surface area (Å²) in [6, 6.07) is 16.0. The van der Waals surface area contributed by atoms with Crippen molar-refractivity contribution < 1.29 is 0 Å². The summed E-state index contributed by atoms with van der Waals surface area (Å²) in [5.74, 6) is 1.14. The third kappa shape index (κ3) is 6.46. The number of nitrogens with one attached hydrogen (secondary N) is 2. The van der Waals surface area contributed by atoms with Crippen LogP contribution in [0.15, 0.2) is 53.5 Å². The molecule has 1 fully saturated rings. The number of guanidine groups is 1. The molecule has 1 aliphatic heterocycles. The Hall–Kier alpha value is -3.23. The van der Waals surface area contributed by atoms with Crippen molar-refractivity contribution in [2.45, 2.75) is 27.7 Å². The van der Waals surface area contributed by atoms with Crippen LogP contribution in [0, 0.1) is 27.7 Å². The zero-order chi connectivity index (χ0) is 24.9. The molecule has 7 nitrogen and oxygen atoms in total. The van der Waals surface area contributed by atoms with Gasteiger partial charge in [0.25, 0.3) is 0 Å². The van der Waals surface area contributed by atoms with E-state index in [1.54, 1.807) is 0 Å². The molecule has 0 unspecified atom stereocenters. The van der Waals surface area contributed by atoms with Crippen LogP contribution in [0.1, 0.15) is 22.5 Å². The number of rotatable bonds is 3. The highest BCUT2D eigenvalue weighted by Crippen LogP contribution is 2.21. The largest absolute Gasteiger partial charge is 0.368 e. The molecule has 35 heavy (non-hydrogen) atoms. The van der Waals surface area contributed by atoms with Crippen LogP contribution in [0.3, 0.4) is 0 Å². The lowest BCUT2D eigenvalue weighted by molar-refractivity contribution is 0.385. The SMILES string of the molecule is Cc1cc(C)nc(NC(=NC(=S)Nc2cccc(C)c2C)N2CCN(c3ccc(Cl)cc3)CC2)n1. The highest BCUT2D eigenvalue weighted by molar-refractivity contribution is 7.80. The molecule has 0 radical (unpaired) electrons. The van der Waals surface area contributed by atoms with Gasteiger partial charge < -0.3 is 15.1 Å². The lowest BCUT2D eigenvalue weighted by Crippen LogP contribution is -2.51. The zero-order valence-electron chi connectivity index (χ0n) is 20.5. The molecule has 0 saturated carbocycles. The summed E-state index contributed by atoms with van der Waals surface area (Å²) in [5.41, 5.74) is 6.24. The second-order valence-electron chi connectivity index (χ2n) is 8.66. The Kier molecular flexibility index (Phi) is 7.83. The Labute approximate surface area is 217 Å². The number of aliphatic imine (C=N–C) groups is 1. The molecule has 0 atom stereocenters. The normalized spacial score (nSPS) is 14.1. The number of anilines is 3. The van der Waals surface area contributed by atoms with Crippen LogP contribution in [0.2, 0.25) is 5.02 Å². The molecule has 2 N–H and O–H groups in total. The Balaban J connectivity index is 1.54. The quantitative estimate of drug-likeness (QED) is 0.281. The van der Waals surface area contributed by atoms with Gasteiger partial charge in [-0.25, -0.2) is 9.97 Å². The molecule has 9 heteroatoms. The number of hydrogen-bond donors (Lipinski definition) is 2. The van der Waals surface area contributed by atoms with Gasteiger partial charge >= 0.3 is 0 Å². The van der Waals surface area contributed by atoms with E-state index in [-0.39, 0.29) is 0 Å². The summed E-state index contributed by atoms with van der Waals surface area (Å²) in [4.78, 5) is 18.4. The summed E-state index contributed by atoms with van der Waals surface area (Å²) < 4.78 is 0. The molecule has 0 bridgehead atoms. The van der Waals surface area contributed by atoms with Gasteiger partial charge in [-0.3, -0.25) is 5.32 Å². The summed E-state index contributed by atoms with van der Waals surface area (Å²) in [6.45, 7) is 11.3. The number of hydrogen-bond acceptors (Lipinski definition) is 4. The van der Waals surface area contributed by atoms with Gasteiger partial charge in [-0.15, -0.1) is 0 Å². The van der Waals surface area contributed by atoms with E-state index >= 15 is 0 Å². The van der Waals surface area contributed by atoms with Crippen molar-refractivity contribution in [3.63, 3.8) is 0 Å². The first-order chi connectivity index (χ1) is 16.8. The predicted octanol–water partition coefficient (Wildman–Crippen LogP) is 5.35. The summed E-state index contributed by atoms with van der Waals surface area (Å²) in [7, 11) is 0. The molecule has 182 valence electrons. The van der Waals surface area contributed by atoms with E-state index in [9.17, 15) is 0 Å². The highest BCUT2D eigenvalue weighted by Gasteiger charge is 2.22. The lowest BCUT2D eigenvalue weighted by atomic mass is 10.1. The van der Waals surface area contributed by atoms with Crippen LogP contribution in [0.25, 0.3) is 0 Å². The first kappa shape index (κ1) is 24.9. The molecule has 1 saturated heterocycles. The Morgan fingerprint density at radius 2 is 1.57 bits per heavy atom. The van der Waals surface area contributed by atoms with Crippen molar-refractivity contribution in [1.29, 1.82) is 0 Å². The van der Waals surface area contributed by atoms with E-state index in [4.69, 9.17) is 28.8 Å². The molecule has 3 aromatic rings. The van der Waals surface area contributed by atoms with Crippen LogP contribution in [0.5, 0.6) is 0 Å². The number of aryl methyl sites for hydroxylation is 3. The lowest BCUT2D eigenvalue weighted by Gasteiger charge is -2.37. The maximum absolute atomic E-state index is 6.06. The van der Waals surface area contributed by atoms with Crippen molar-refractivity contribution in [3.8, 4) is 0 Å². The zero-order valence-corrected chi connectivity index (χ0v) is 22.0. The van der Waals surface area contributed by atoms with Crippen LogP contribution >= 0.6 is 23.8 Å². The van der Waals surface area contributed by atoms with E-state index < -0.39 is 0 Å². The van der Waals surface area contributed by atoms with Gasteiger partial charge in [0.15, 0.2) is 0 Å². The van der Waals surface area contributed by atoms with Gasteiger partial charge in [-0.1, -0.05) is 23.7 Å². The molecule has 2 heterocycles. The van der Waals surface area contributed by atoms with Gasteiger partial charge in [-0.05, 0) is 87.4 Å². The van der Waals surface area contributed by atoms with Crippen molar-refractivity contribution >= 4 is 52.2 Å². The first-order valence-corrected chi connectivity index (χ1v) is 12.4. The average Bonchev–Trinajstić information content (AvgIpc) is 2.82. The minimum absolute atomic E-state index is 0.380. The fraction of sp³-hybridized carbons (Fsp3) is 0.308. The van der Waals surface area contributed by atoms with Crippen LogP contribution in [-0.2, 0) is 0 Å². The summed E-state index contributed by atoms with van der Waals surface area (Å²) >= 11 is 11.7. The Morgan fingerprint density at radius 1 is 0.914 bits per heavy atom. The molecule has 1 aliphatic rings. The standard InChI is InChI=1S/C26H30ClN7S/c1-17-6-5-7-23(20(17)4)30-26(35)32-25(31-24-28-18(2)16-19(3)29-24)34-14-12-33(13-15-34)22-10-8-21(27)9-11-22/h5-11,16H,12-15H2,1-4H3,(H2,28,29,30,31,32,35). The van der Waals surface area contributed by atoms with Crippen molar-refractivity contribution in [1.82, 2.24) is 14.9 Å². The van der Waals surface area contributed by atoms with Crippen molar-refractivity contribution in [3.05, 3.63) is 76.1 Å². The molecule has 0 spiro atoms. The maximum Gasteiger partial charge on any atom is 0.229 e. The third-order valence-corrected chi connectivity index (χ3v) is 6.48. The molecular formula is C26H30ClN7S. The van der Waals surface area contributed by atoms with Crippen LogP contribution in [0.4, 0.5) is 17.3 Å².